The molecule has 3 amide bonds. The average Bonchev–Trinajstić information content (AvgIpc) is 3.02. The number of amides is 3. The molecule has 0 aliphatic carbocycles. The smallest absolute Gasteiger partial charge is 0.333 e. The fourth-order valence-electron chi connectivity index (χ4n) is 3.05. The van der Waals surface area contributed by atoms with E-state index in [-0.39, 0.29) is 18.5 Å². The minimum absolute atomic E-state index is 0.0962. The lowest BCUT2D eigenvalue weighted by Crippen LogP contribution is -2.55. The molecule has 2 aromatic carbocycles. The van der Waals surface area contributed by atoms with Gasteiger partial charge in [0.1, 0.15) is 5.54 Å². The Bertz CT molecular complexity index is 883. The third-order valence-corrected chi connectivity index (χ3v) is 5.03. The number of nitrogens with one attached hydrogen (secondary N) is 1. The summed E-state index contributed by atoms with van der Waals surface area (Å²) in [6.07, 6.45) is 0. The molecule has 7 heteroatoms. The minimum Gasteiger partial charge on any atom is -0.333 e. The van der Waals surface area contributed by atoms with Crippen molar-refractivity contribution in [3.05, 3.63) is 65.2 Å². The molecule has 2 aromatic rings. The van der Waals surface area contributed by atoms with Crippen molar-refractivity contribution in [3.8, 4) is 0 Å². The Hall–Kier alpha value is -2.86. The van der Waals surface area contributed by atoms with Crippen LogP contribution in [0.5, 0.6) is 0 Å². The number of carbonyl (C=O) groups excluding carboxylic acids is 2. The van der Waals surface area contributed by atoms with Crippen LogP contribution >= 0.6 is 11.6 Å². The van der Waals surface area contributed by atoms with Crippen molar-refractivity contribution in [3.63, 3.8) is 0 Å². The summed E-state index contributed by atoms with van der Waals surface area (Å²) in [5.41, 5.74) is 1.43. The molecule has 0 aromatic heterocycles. The number of halogens is 1. The first-order valence-electron chi connectivity index (χ1n) is 8.54. The zero-order valence-corrected chi connectivity index (χ0v) is 16.2. The van der Waals surface area contributed by atoms with Gasteiger partial charge in [-0.3, -0.25) is 4.79 Å². The minimum atomic E-state index is -0.732. The molecule has 1 heterocycles. The Morgan fingerprint density at radius 2 is 1.78 bits per heavy atom. The molecule has 1 unspecified atom stereocenters. The molecule has 0 saturated carbocycles. The van der Waals surface area contributed by atoms with Gasteiger partial charge in [0, 0.05) is 30.2 Å². The van der Waals surface area contributed by atoms with Crippen molar-refractivity contribution in [1.82, 2.24) is 9.91 Å². The lowest BCUT2D eigenvalue weighted by Gasteiger charge is -2.35. The maximum Gasteiger partial charge on any atom is 0.342 e. The van der Waals surface area contributed by atoms with E-state index in [0.29, 0.717) is 16.4 Å². The summed E-state index contributed by atoms with van der Waals surface area (Å²) in [4.78, 5) is 26.4. The Kier molecular flexibility index (Phi) is 5.19. The van der Waals surface area contributed by atoms with Crippen LogP contribution in [0.4, 0.5) is 10.5 Å². The first-order valence-corrected chi connectivity index (χ1v) is 8.92. The fraction of sp³-hybridized carbons (Fsp3) is 0.250. The van der Waals surface area contributed by atoms with Crippen molar-refractivity contribution >= 4 is 34.9 Å². The number of anilines is 1. The number of carbonyl (C=O) groups is 2. The van der Waals surface area contributed by atoms with Crippen LogP contribution in [-0.4, -0.2) is 46.7 Å². The molecule has 0 fully saturated rings. The first kappa shape index (κ1) is 18.9. The van der Waals surface area contributed by atoms with Crippen molar-refractivity contribution in [1.29, 1.82) is 0 Å². The van der Waals surface area contributed by atoms with E-state index in [0.717, 1.165) is 5.56 Å². The molecule has 0 spiro atoms. The molecule has 1 atom stereocenters. The Balaban J connectivity index is 1.91. The van der Waals surface area contributed by atoms with Gasteiger partial charge in [-0.15, -0.1) is 0 Å². The number of urea groups is 1. The zero-order valence-electron chi connectivity index (χ0n) is 15.4. The molecular formula is C20H21ClN4O2. The first-order chi connectivity index (χ1) is 12.8. The summed E-state index contributed by atoms with van der Waals surface area (Å²) in [6.45, 7) is 3.67. The standard InChI is InChI=1S/C20H21ClN4O2/c1-14(26)24(3)20(2)13-25(23-18(20)15-7-5-4-6-8-15)19(27)22-17-11-9-16(21)10-12-17/h4-12H,13H2,1-3H3,(H,22,27). The number of benzene rings is 2. The molecule has 27 heavy (non-hydrogen) atoms. The molecule has 3 rings (SSSR count). The van der Waals surface area contributed by atoms with E-state index >= 15 is 0 Å². The molecule has 6 nitrogen and oxygen atoms in total. The van der Waals surface area contributed by atoms with E-state index in [4.69, 9.17) is 11.6 Å². The molecule has 1 aliphatic heterocycles. The molecule has 1 aliphatic rings. The second-order valence-corrected chi connectivity index (χ2v) is 7.10. The molecular weight excluding hydrogens is 364 g/mol. The highest BCUT2D eigenvalue weighted by Gasteiger charge is 2.45. The van der Waals surface area contributed by atoms with Gasteiger partial charge in [-0.1, -0.05) is 41.9 Å². The molecule has 0 radical (unpaired) electrons. The van der Waals surface area contributed by atoms with E-state index in [2.05, 4.69) is 10.4 Å². The highest BCUT2D eigenvalue weighted by atomic mass is 35.5. The number of likely N-dealkylation sites (N-methyl/N-ethyl adjacent to an activating group) is 1. The topological polar surface area (TPSA) is 65.0 Å². The van der Waals surface area contributed by atoms with Gasteiger partial charge in [-0.25, -0.2) is 9.80 Å². The highest BCUT2D eigenvalue weighted by molar-refractivity contribution is 6.30. The van der Waals surface area contributed by atoms with Crippen molar-refractivity contribution in [2.24, 2.45) is 5.10 Å². The lowest BCUT2D eigenvalue weighted by atomic mass is 9.89. The Labute approximate surface area is 163 Å². The maximum absolute atomic E-state index is 12.7. The predicted octanol–water partition coefficient (Wildman–Crippen LogP) is 3.83. The normalized spacial score (nSPS) is 18.8. The summed E-state index contributed by atoms with van der Waals surface area (Å²) < 4.78 is 0. The van der Waals surface area contributed by atoms with Crippen LogP contribution in [0.1, 0.15) is 19.4 Å². The van der Waals surface area contributed by atoms with Crippen LogP contribution in [0.2, 0.25) is 5.02 Å². The molecule has 140 valence electrons. The van der Waals surface area contributed by atoms with Crippen LogP contribution in [-0.2, 0) is 4.79 Å². The zero-order chi connectivity index (χ0) is 19.6. The summed E-state index contributed by atoms with van der Waals surface area (Å²) in [5.74, 6) is -0.0962. The van der Waals surface area contributed by atoms with E-state index in [1.807, 2.05) is 37.3 Å². The van der Waals surface area contributed by atoms with Gasteiger partial charge in [0.25, 0.3) is 0 Å². The quantitative estimate of drug-likeness (QED) is 0.874. The van der Waals surface area contributed by atoms with E-state index in [1.165, 1.54) is 11.9 Å². The third kappa shape index (κ3) is 3.80. The fourth-order valence-corrected chi connectivity index (χ4v) is 3.17. The summed E-state index contributed by atoms with van der Waals surface area (Å²) in [5, 5.41) is 9.30. The van der Waals surface area contributed by atoms with Gasteiger partial charge < -0.3 is 10.2 Å². The third-order valence-electron chi connectivity index (χ3n) is 4.78. The SMILES string of the molecule is CC(=O)N(C)C1(C)CN(C(=O)Nc2ccc(Cl)cc2)N=C1c1ccccc1. The number of hydrogen-bond donors (Lipinski definition) is 1. The second kappa shape index (κ2) is 7.40. The number of rotatable bonds is 3. The Morgan fingerprint density at radius 3 is 2.37 bits per heavy atom. The summed E-state index contributed by atoms with van der Waals surface area (Å²) in [6, 6.07) is 16.0. The second-order valence-electron chi connectivity index (χ2n) is 6.66. The lowest BCUT2D eigenvalue weighted by molar-refractivity contribution is -0.130. The van der Waals surface area contributed by atoms with Crippen LogP contribution in [0.3, 0.4) is 0 Å². The van der Waals surface area contributed by atoms with Gasteiger partial charge >= 0.3 is 6.03 Å². The summed E-state index contributed by atoms with van der Waals surface area (Å²) in [7, 11) is 1.72. The number of nitrogens with zero attached hydrogens (tertiary/aromatic N) is 3. The molecule has 0 bridgehead atoms. The van der Waals surface area contributed by atoms with Gasteiger partial charge in [0.15, 0.2) is 0 Å². The van der Waals surface area contributed by atoms with E-state index in [9.17, 15) is 9.59 Å². The van der Waals surface area contributed by atoms with E-state index < -0.39 is 5.54 Å². The van der Waals surface area contributed by atoms with Gasteiger partial charge in [0.2, 0.25) is 5.91 Å². The van der Waals surface area contributed by atoms with Crippen molar-refractivity contribution in [2.75, 3.05) is 18.9 Å². The van der Waals surface area contributed by atoms with Gasteiger partial charge in [0.05, 0.1) is 12.3 Å². The van der Waals surface area contributed by atoms with Crippen LogP contribution < -0.4 is 5.32 Å². The Morgan fingerprint density at radius 1 is 1.15 bits per heavy atom. The van der Waals surface area contributed by atoms with Gasteiger partial charge in [-0.05, 0) is 31.2 Å². The van der Waals surface area contributed by atoms with Crippen LogP contribution in [0, 0.1) is 0 Å². The average molecular weight is 385 g/mol. The van der Waals surface area contributed by atoms with Crippen molar-refractivity contribution in [2.45, 2.75) is 19.4 Å². The van der Waals surface area contributed by atoms with E-state index in [1.54, 1.807) is 36.2 Å². The highest BCUT2D eigenvalue weighted by Crippen LogP contribution is 2.29. The predicted molar refractivity (Wildman–Crippen MR) is 107 cm³/mol. The van der Waals surface area contributed by atoms with Crippen LogP contribution in [0.25, 0.3) is 0 Å². The largest absolute Gasteiger partial charge is 0.342 e. The monoisotopic (exact) mass is 384 g/mol. The molecule has 0 saturated heterocycles. The van der Waals surface area contributed by atoms with Crippen molar-refractivity contribution < 1.29 is 9.59 Å². The number of hydrazone groups is 1. The molecule has 1 N–H and O–H groups in total. The van der Waals surface area contributed by atoms with Gasteiger partial charge in [-0.2, -0.15) is 5.10 Å². The van der Waals surface area contributed by atoms with Crippen LogP contribution in [0.15, 0.2) is 59.7 Å². The maximum atomic E-state index is 12.7. The summed E-state index contributed by atoms with van der Waals surface area (Å²) >= 11 is 5.88. The number of hydrogen-bond acceptors (Lipinski definition) is 3.